The van der Waals surface area contributed by atoms with E-state index in [0.717, 1.165) is 11.4 Å². The number of carbonyl (C=O) groups excluding carboxylic acids is 1. The van der Waals surface area contributed by atoms with Crippen molar-refractivity contribution in [3.05, 3.63) is 83.3 Å². The minimum atomic E-state index is -0.256. The Morgan fingerprint density at radius 1 is 1.03 bits per heavy atom. The van der Waals surface area contributed by atoms with Crippen LogP contribution in [0.1, 0.15) is 10.4 Å². The van der Waals surface area contributed by atoms with Crippen LogP contribution in [0.5, 0.6) is 0 Å². The van der Waals surface area contributed by atoms with Crippen molar-refractivity contribution >= 4 is 41.4 Å². The molecule has 0 atom stereocenters. The van der Waals surface area contributed by atoms with E-state index in [2.05, 4.69) is 43.9 Å². The molecule has 3 heterocycles. The van der Waals surface area contributed by atoms with Crippen molar-refractivity contribution in [2.45, 2.75) is 0 Å². The summed E-state index contributed by atoms with van der Waals surface area (Å²) >= 11 is 0. The highest BCUT2D eigenvalue weighted by Crippen LogP contribution is 2.20. The highest BCUT2D eigenvalue weighted by molar-refractivity contribution is 5.94. The Hall–Kier alpha value is -4.60. The predicted molar refractivity (Wildman–Crippen MR) is 132 cm³/mol. The molecule has 1 N–H and O–H groups in total. The number of tetrazole rings is 1. The number of aromatic nitrogens is 5. The molecule has 10 heteroatoms. The molecule has 0 saturated carbocycles. The van der Waals surface area contributed by atoms with Crippen molar-refractivity contribution in [2.24, 2.45) is 0 Å². The van der Waals surface area contributed by atoms with Crippen LogP contribution in [-0.4, -0.2) is 62.0 Å². The second-order valence-electron chi connectivity index (χ2n) is 8.07. The first kappa shape index (κ1) is 22.2. The highest BCUT2D eigenvalue weighted by atomic mass is 19.1. The van der Waals surface area contributed by atoms with Gasteiger partial charge in [-0.15, -0.1) is 5.10 Å². The van der Waals surface area contributed by atoms with Gasteiger partial charge >= 0.3 is 0 Å². The summed E-state index contributed by atoms with van der Waals surface area (Å²) in [4.78, 5) is 21.5. The lowest BCUT2D eigenvalue weighted by Gasteiger charge is -2.36. The molecule has 0 bridgehead atoms. The van der Waals surface area contributed by atoms with Gasteiger partial charge in [-0.3, -0.25) is 4.79 Å². The second-order valence-corrected chi connectivity index (χ2v) is 8.07. The summed E-state index contributed by atoms with van der Waals surface area (Å²) in [5.41, 5.74) is 2.74. The maximum absolute atomic E-state index is 13.2. The SMILES string of the molecule is C=C/C=c1\c(=C)nc(Nc2ccc(C(=O)N3CCN(c4ccc(F)cc4)CC3)cc2)c2nnnn12. The Labute approximate surface area is 200 Å². The summed E-state index contributed by atoms with van der Waals surface area (Å²) in [6.45, 7) is 10.2. The fourth-order valence-electron chi connectivity index (χ4n) is 4.06. The van der Waals surface area contributed by atoms with Gasteiger partial charge in [-0.2, -0.15) is 4.52 Å². The van der Waals surface area contributed by atoms with Crippen molar-refractivity contribution < 1.29 is 9.18 Å². The fourth-order valence-corrected chi connectivity index (χ4v) is 4.06. The zero-order chi connectivity index (χ0) is 24.4. The Balaban J connectivity index is 1.27. The summed E-state index contributed by atoms with van der Waals surface area (Å²) < 4.78 is 14.7. The Morgan fingerprint density at radius 3 is 2.43 bits per heavy atom. The molecule has 9 nitrogen and oxygen atoms in total. The highest BCUT2D eigenvalue weighted by Gasteiger charge is 2.22. The van der Waals surface area contributed by atoms with Crippen LogP contribution >= 0.6 is 0 Å². The Kier molecular flexibility index (Phi) is 5.92. The second kappa shape index (κ2) is 9.34. The summed E-state index contributed by atoms with van der Waals surface area (Å²) in [5, 5.41) is 16.1. The zero-order valence-electron chi connectivity index (χ0n) is 18.9. The van der Waals surface area contributed by atoms with E-state index in [9.17, 15) is 9.18 Å². The van der Waals surface area contributed by atoms with Crippen LogP contribution in [0.4, 0.5) is 21.6 Å². The van der Waals surface area contributed by atoms with Gasteiger partial charge in [0.05, 0.1) is 10.7 Å². The number of benzene rings is 2. The molecule has 0 spiro atoms. The molecule has 0 unspecified atom stereocenters. The molecule has 1 saturated heterocycles. The van der Waals surface area contributed by atoms with Crippen LogP contribution in [0.2, 0.25) is 0 Å². The molecule has 1 amide bonds. The molecule has 35 heavy (non-hydrogen) atoms. The molecule has 0 radical (unpaired) electrons. The molecular weight excluding hydrogens is 447 g/mol. The molecule has 0 aliphatic carbocycles. The largest absolute Gasteiger partial charge is 0.368 e. The van der Waals surface area contributed by atoms with Crippen molar-refractivity contribution in [2.75, 3.05) is 36.4 Å². The van der Waals surface area contributed by atoms with Crippen molar-refractivity contribution in [1.29, 1.82) is 0 Å². The van der Waals surface area contributed by atoms with Crippen molar-refractivity contribution in [3.8, 4) is 0 Å². The third-order valence-electron chi connectivity index (χ3n) is 5.88. The Morgan fingerprint density at radius 2 is 1.74 bits per heavy atom. The molecule has 4 aromatic rings. The monoisotopic (exact) mass is 470 g/mol. The van der Waals surface area contributed by atoms with Crippen LogP contribution < -0.4 is 20.9 Å². The topological polar surface area (TPSA) is 91.5 Å². The van der Waals surface area contributed by atoms with E-state index >= 15 is 0 Å². The number of piperazine rings is 1. The van der Waals surface area contributed by atoms with Gasteiger partial charge in [0.1, 0.15) is 5.82 Å². The van der Waals surface area contributed by atoms with E-state index in [0.29, 0.717) is 53.9 Å². The number of rotatable bonds is 5. The van der Waals surface area contributed by atoms with Crippen LogP contribution in [0.3, 0.4) is 0 Å². The smallest absolute Gasteiger partial charge is 0.253 e. The first-order chi connectivity index (χ1) is 17.0. The van der Waals surface area contributed by atoms with Gasteiger partial charge in [-0.1, -0.05) is 19.2 Å². The van der Waals surface area contributed by atoms with Crippen LogP contribution in [-0.2, 0) is 0 Å². The maximum atomic E-state index is 13.2. The van der Waals surface area contributed by atoms with Gasteiger partial charge in [0.25, 0.3) is 5.91 Å². The number of nitrogens with one attached hydrogen (secondary N) is 1. The quantitative estimate of drug-likeness (QED) is 0.475. The summed E-state index contributed by atoms with van der Waals surface area (Å²) in [6.07, 6.45) is 3.36. The van der Waals surface area contributed by atoms with E-state index in [-0.39, 0.29) is 11.7 Å². The fraction of sp³-hybridized carbons (Fsp3) is 0.160. The lowest BCUT2D eigenvalue weighted by molar-refractivity contribution is 0.0747. The molecule has 5 rings (SSSR count). The molecule has 1 fully saturated rings. The van der Waals surface area contributed by atoms with Crippen LogP contribution in [0, 0.1) is 5.82 Å². The first-order valence-corrected chi connectivity index (χ1v) is 11.1. The number of anilines is 3. The minimum Gasteiger partial charge on any atom is -0.368 e. The molecule has 1 aliphatic rings. The van der Waals surface area contributed by atoms with Gasteiger partial charge < -0.3 is 15.1 Å². The predicted octanol–water partition coefficient (Wildman–Crippen LogP) is 1.74. The average molecular weight is 471 g/mol. The summed E-state index contributed by atoms with van der Waals surface area (Å²) in [7, 11) is 0. The van der Waals surface area contributed by atoms with E-state index in [4.69, 9.17) is 0 Å². The third kappa shape index (κ3) is 4.45. The third-order valence-corrected chi connectivity index (χ3v) is 5.88. The van der Waals surface area contributed by atoms with Gasteiger partial charge in [0.2, 0.25) is 5.65 Å². The summed E-state index contributed by atoms with van der Waals surface area (Å²) in [6, 6.07) is 13.6. The lowest BCUT2D eigenvalue weighted by atomic mass is 10.1. The zero-order valence-corrected chi connectivity index (χ0v) is 18.9. The molecular formula is C25H23FN8O. The van der Waals surface area contributed by atoms with Crippen molar-refractivity contribution in [3.63, 3.8) is 0 Å². The summed E-state index contributed by atoms with van der Waals surface area (Å²) in [5.74, 6) is 0.174. The van der Waals surface area contributed by atoms with Gasteiger partial charge in [0, 0.05) is 43.1 Å². The number of carbonyl (C=O) groups is 1. The standard InChI is InChI=1S/C25H23FN8O/c1-3-4-22-17(2)27-23(24-29-30-31-34(22)24)28-20-9-5-18(6-10-20)25(35)33-15-13-32(14-16-33)21-11-7-19(26)8-12-21/h3-12H,1-2,13-16H2,(H,27,28)/b22-4+. The van der Waals surface area contributed by atoms with Gasteiger partial charge in [-0.05, 0) is 65.0 Å². The molecule has 2 aromatic heterocycles. The molecule has 176 valence electrons. The number of allylic oxidation sites excluding steroid dienone is 1. The van der Waals surface area contributed by atoms with E-state index in [1.807, 2.05) is 17.0 Å². The van der Waals surface area contributed by atoms with Crippen molar-refractivity contribution in [1.82, 2.24) is 29.9 Å². The number of nitrogens with zero attached hydrogens (tertiary/aromatic N) is 7. The minimum absolute atomic E-state index is 0.0261. The number of fused-ring (bicyclic) bond motifs is 1. The average Bonchev–Trinajstić information content (AvgIpc) is 3.37. The number of hydrogen-bond donors (Lipinski definition) is 1. The van der Waals surface area contributed by atoms with E-state index in [1.54, 1.807) is 40.9 Å². The van der Waals surface area contributed by atoms with Gasteiger partial charge in [0.15, 0.2) is 5.82 Å². The Bertz CT molecular complexity index is 1490. The van der Waals surface area contributed by atoms with E-state index < -0.39 is 0 Å². The maximum Gasteiger partial charge on any atom is 0.253 e. The number of hydrogen-bond acceptors (Lipinski definition) is 7. The lowest BCUT2D eigenvalue weighted by Crippen LogP contribution is -2.48. The number of halogens is 1. The van der Waals surface area contributed by atoms with Crippen LogP contribution in [0.15, 0.2) is 61.2 Å². The number of amides is 1. The molecule has 1 aliphatic heterocycles. The normalized spacial score (nSPS) is 14.4. The van der Waals surface area contributed by atoms with E-state index in [1.165, 1.54) is 12.1 Å². The first-order valence-electron chi connectivity index (χ1n) is 11.1. The molecule has 2 aromatic carbocycles. The van der Waals surface area contributed by atoms with Gasteiger partial charge in [-0.25, -0.2) is 9.37 Å². The van der Waals surface area contributed by atoms with Crippen LogP contribution in [0.25, 0.3) is 18.3 Å².